The van der Waals surface area contributed by atoms with E-state index >= 15 is 0 Å². The van der Waals surface area contributed by atoms with Gasteiger partial charge in [-0.2, -0.15) is 0 Å². The highest BCUT2D eigenvalue weighted by molar-refractivity contribution is 7.14. The van der Waals surface area contributed by atoms with E-state index in [2.05, 4.69) is 69.9 Å². The van der Waals surface area contributed by atoms with Crippen LogP contribution in [-0.4, -0.2) is 26.7 Å². The van der Waals surface area contributed by atoms with Gasteiger partial charge in [-0.15, -0.1) is 22.7 Å². The molecule has 168 valence electrons. The van der Waals surface area contributed by atoms with Gasteiger partial charge in [-0.25, -0.2) is 0 Å². The van der Waals surface area contributed by atoms with Crippen LogP contribution in [0.5, 0.6) is 11.5 Å². The Balaban J connectivity index is 1.11. The molecule has 0 amide bonds. The molecule has 4 heterocycles. The van der Waals surface area contributed by atoms with Crippen molar-refractivity contribution in [1.82, 2.24) is 10.6 Å². The Hall–Kier alpha value is -2.64. The van der Waals surface area contributed by atoms with Gasteiger partial charge in [-0.1, -0.05) is 18.2 Å². The number of likely N-dealkylation sites (N-methyl/N-ethyl adjacent to an activating group) is 1. The predicted molar refractivity (Wildman–Crippen MR) is 137 cm³/mol. The zero-order valence-electron chi connectivity index (χ0n) is 18.5. The fourth-order valence-electron chi connectivity index (χ4n) is 4.74. The second kappa shape index (κ2) is 8.95. The molecule has 2 N–H and O–H groups in total. The summed E-state index contributed by atoms with van der Waals surface area (Å²) in [5.74, 6) is 1.97. The van der Waals surface area contributed by atoms with E-state index in [4.69, 9.17) is 9.47 Å². The lowest BCUT2D eigenvalue weighted by Crippen LogP contribution is -2.28. The van der Waals surface area contributed by atoms with Crippen LogP contribution in [0.25, 0.3) is 20.9 Å². The second-order valence-electron chi connectivity index (χ2n) is 8.46. The van der Waals surface area contributed by atoms with Crippen molar-refractivity contribution in [2.75, 3.05) is 26.7 Å². The van der Waals surface area contributed by atoms with Crippen LogP contribution in [0.2, 0.25) is 0 Å². The van der Waals surface area contributed by atoms with Crippen LogP contribution in [0.15, 0.2) is 65.4 Å². The Bertz CT molecular complexity index is 1280. The van der Waals surface area contributed by atoms with Crippen molar-refractivity contribution in [3.8, 4) is 32.4 Å². The average molecular weight is 475 g/mol. The Kier molecular flexibility index (Phi) is 5.68. The van der Waals surface area contributed by atoms with Crippen molar-refractivity contribution < 1.29 is 9.47 Å². The molecule has 6 rings (SSSR count). The normalized spacial score (nSPS) is 17.8. The van der Waals surface area contributed by atoms with E-state index in [1.54, 1.807) is 22.7 Å². The summed E-state index contributed by atoms with van der Waals surface area (Å²) in [6.07, 6.45) is 1.10. The highest BCUT2D eigenvalue weighted by Gasteiger charge is 2.28. The van der Waals surface area contributed by atoms with E-state index in [1.807, 2.05) is 13.1 Å². The van der Waals surface area contributed by atoms with Gasteiger partial charge in [0.05, 0.1) is 0 Å². The maximum Gasteiger partial charge on any atom is 0.138 e. The molecule has 2 atom stereocenters. The van der Waals surface area contributed by atoms with Gasteiger partial charge in [-0.3, -0.25) is 0 Å². The molecule has 0 radical (unpaired) electrons. The van der Waals surface area contributed by atoms with Crippen LogP contribution in [0.3, 0.4) is 0 Å². The fraction of sp³-hybridized carbons (Fsp3) is 0.259. The summed E-state index contributed by atoms with van der Waals surface area (Å²) in [6, 6.07) is 19.4. The molecule has 4 nitrogen and oxygen atoms in total. The smallest absolute Gasteiger partial charge is 0.138 e. The van der Waals surface area contributed by atoms with Crippen molar-refractivity contribution in [3.63, 3.8) is 0 Å². The summed E-state index contributed by atoms with van der Waals surface area (Å²) in [5.41, 5.74) is 6.33. The standard InChI is InChI=1S/C27H26N2O2S2/c1-28-15-24-19-9-13-33-27(19)21-14-17(6-7-23(21)31-24)8-11-29-16-25-20-10-12-32-26(20)18-4-2-3-5-22(18)30-25/h2-7,9-10,12-14,24-25,28-29H,8,11,15-16H2,1H3. The summed E-state index contributed by atoms with van der Waals surface area (Å²) in [7, 11) is 1.97. The number of thiophene rings is 2. The van der Waals surface area contributed by atoms with Crippen LogP contribution in [0.4, 0.5) is 0 Å². The van der Waals surface area contributed by atoms with Crippen LogP contribution in [-0.2, 0) is 6.42 Å². The lowest BCUT2D eigenvalue weighted by molar-refractivity contribution is 0.199. The first kappa shape index (κ1) is 20.9. The first-order valence-electron chi connectivity index (χ1n) is 11.4. The summed E-state index contributed by atoms with van der Waals surface area (Å²) in [6.45, 7) is 2.52. The molecule has 0 saturated heterocycles. The third-order valence-electron chi connectivity index (χ3n) is 6.35. The van der Waals surface area contributed by atoms with Crippen molar-refractivity contribution in [3.05, 3.63) is 82.0 Å². The predicted octanol–water partition coefficient (Wildman–Crippen LogP) is 6.06. The Morgan fingerprint density at radius 1 is 0.788 bits per heavy atom. The van der Waals surface area contributed by atoms with E-state index in [1.165, 1.54) is 37.6 Å². The highest BCUT2D eigenvalue weighted by atomic mass is 32.1. The summed E-state index contributed by atoms with van der Waals surface area (Å²) < 4.78 is 12.6. The molecule has 2 aromatic carbocycles. The lowest BCUT2D eigenvalue weighted by Gasteiger charge is -2.27. The number of fused-ring (bicyclic) bond motifs is 6. The molecule has 33 heavy (non-hydrogen) atoms. The van der Waals surface area contributed by atoms with E-state index in [0.29, 0.717) is 0 Å². The van der Waals surface area contributed by atoms with Crippen molar-refractivity contribution in [1.29, 1.82) is 0 Å². The van der Waals surface area contributed by atoms with Crippen LogP contribution in [0, 0.1) is 0 Å². The number of para-hydroxylation sites is 1. The molecule has 6 heteroatoms. The summed E-state index contributed by atoms with van der Waals surface area (Å²) in [5, 5.41) is 11.2. The largest absolute Gasteiger partial charge is 0.484 e. The molecule has 0 saturated carbocycles. The topological polar surface area (TPSA) is 42.5 Å². The molecule has 2 unspecified atom stereocenters. The van der Waals surface area contributed by atoms with Gasteiger partial charge in [0, 0.05) is 45.1 Å². The minimum absolute atomic E-state index is 0.0517. The van der Waals surface area contributed by atoms with Crippen LogP contribution < -0.4 is 20.1 Å². The highest BCUT2D eigenvalue weighted by Crippen LogP contribution is 2.46. The zero-order valence-corrected chi connectivity index (χ0v) is 20.1. The quantitative estimate of drug-likeness (QED) is 0.320. The third-order valence-corrected chi connectivity index (χ3v) is 8.28. The van der Waals surface area contributed by atoms with Gasteiger partial charge in [0.15, 0.2) is 0 Å². The monoisotopic (exact) mass is 474 g/mol. The molecule has 0 bridgehead atoms. The van der Waals surface area contributed by atoms with Crippen molar-refractivity contribution in [2.45, 2.75) is 18.6 Å². The van der Waals surface area contributed by atoms with E-state index in [-0.39, 0.29) is 12.2 Å². The third kappa shape index (κ3) is 3.87. The van der Waals surface area contributed by atoms with Gasteiger partial charge in [-0.05, 0) is 72.7 Å². The van der Waals surface area contributed by atoms with E-state index in [9.17, 15) is 0 Å². The fourth-order valence-corrected chi connectivity index (χ4v) is 6.70. The second-order valence-corrected chi connectivity index (χ2v) is 10.3. The molecule has 2 aliphatic heterocycles. The number of ether oxygens (including phenoxy) is 2. The first-order chi connectivity index (χ1) is 16.3. The van der Waals surface area contributed by atoms with Gasteiger partial charge in [0.2, 0.25) is 0 Å². The molecule has 0 spiro atoms. The molecular formula is C27H26N2O2S2. The average Bonchev–Trinajstić information content (AvgIpc) is 3.53. The molecular weight excluding hydrogens is 448 g/mol. The number of benzene rings is 2. The Morgan fingerprint density at radius 2 is 1.48 bits per heavy atom. The lowest BCUT2D eigenvalue weighted by atomic mass is 9.98. The molecule has 0 fully saturated rings. The van der Waals surface area contributed by atoms with Gasteiger partial charge in [0.25, 0.3) is 0 Å². The number of nitrogens with one attached hydrogen (secondary N) is 2. The maximum atomic E-state index is 6.33. The SMILES string of the molecule is CNCC1Oc2ccc(CCNCC3Oc4ccccc4-c4sccc43)cc2-c2sccc21. The number of hydrogen-bond acceptors (Lipinski definition) is 6. The molecule has 4 aromatic rings. The zero-order chi connectivity index (χ0) is 22.2. The van der Waals surface area contributed by atoms with Gasteiger partial charge >= 0.3 is 0 Å². The number of rotatable bonds is 7. The first-order valence-corrected chi connectivity index (χ1v) is 13.1. The van der Waals surface area contributed by atoms with Gasteiger partial charge in [0.1, 0.15) is 23.7 Å². The summed E-state index contributed by atoms with van der Waals surface area (Å²) in [4.78, 5) is 2.67. The van der Waals surface area contributed by atoms with Crippen molar-refractivity contribution in [2.24, 2.45) is 0 Å². The minimum Gasteiger partial charge on any atom is -0.484 e. The summed E-state index contributed by atoms with van der Waals surface area (Å²) >= 11 is 3.60. The van der Waals surface area contributed by atoms with E-state index < -0.39 is 0 Å². The van der Waals surface area contributed by atoms with Gasteiger partial charge < -0.3 is 20.1 Å². The molecule has 2 aromatic heterocycles. The molecule has 2 aliphatic rings. The minimum atomic E-state index is 0.0517. The van der Waals surface area contributed by atoms with Crippen LogP contribution >= 0.6 is 22.7 Å². The Labute approximate surface area is 202 Å². The van der Waals surface area contributed by atoms with Crippen molar-refractivity contribution >= 4 is 22.7 Å². The maximum absolute atomic E-state index is 6.33. The van der Waals surface area contributed by atoms with Crippen LogP contribution in [0.1, 0.15) is 28.9 Å². The van der Waals surface area contributed by atoms with E-state index in [0.717, 1.165) is 37.6 Å². The Morgan fingerprint density at radius 3 is 2.27 bits per heavy atom. The number of hydrogen-bond donors (Lipinski definition) is 2. The molecule has 0 aliphatic carbocycles.